The Kier molecular flexibility index (Phi) is 17.1. The third kappa shape index (κ3) is 12.3. The number of ether oxygens (including phenoxy) is 8. The number of esters is 7. The van der Waals surface area contributed by atoms with Crippen LogP contribution in [0.3, 0.4) is 0 Å². The molecule has 0 aromatic rings. The molecular weight excluding hydrogens is 1020 g/mol. The Morgan fingerprint density at radius 1 is 0.512 bits per heavy atom. The predicted octanol–water partition coefficient (Wildman–Crippen LogP) is 11.1. The fraction of sp³-hybridized carbons (Fsp3) is 0.738. The molecule has 15 nitrogen and oxygen atoms in total. The zero-order valence-corrected chi connectivity index (χ0v) is 49.0. The molecular formula is C65H90O15. The minimum atomic E-state index is -0.728. The zero-order chi connectivity index (χ0) is 58.0. The minimum absolute atomic E-state index is 0.106. The normalized spacial score (nSPS) is 40.4. The average Bonchev–Trinajstić information content (AvgIpc) is 4.13. The van der Waals surface area contributed by atoms with Gasteiger partial charge in [0.15, 0.2) is 12.2 Å². The first kappa shape index (κ1) is 59.6. The van der Waals surface area contributed by atoms with Gasteiger partial charge in [0.25, 0.3) is 0 Å². The van der Waals surface area contributed by atoms with Gasteiger partial charge in [-0.1, -0.05) is 32.9 Å². The first-order valence-corrected chi connectivity index (χ1v) is 30.0. The van der Waals surface area contributed by atoms with Gasteiger partial charge in [0.1, 0.15) is 22.9 Å². The molecule has 12 aliphatic carbocycles. The number of hydrogen-bond acceptors (Lipinski definition) is 15. The highest BCUT2D eigenvalue weighted by molar-refractivity contribution is 5.90. The Hall–Kier alpha value is -5.05. The van der Waals surface area contributed by atoms with Crippen LogP contribution < -0.4 is 0 Å². The fourth-order valence-electron chi connectivity index (χ4n) is 17.7. The van der Waals surface area contributed by atoms with Crippen LogP contribution in [0.2, 0.25) is 0 Å². The summed E-state index contributed by atoms with van der Waals surface area (Å²) in [7, 11) is 0. The van der Waals surface area contributed by atoms with Crippen LogP contribution in [-0.2, 0) is 71.5 Å². The number of fused-ring (bicyclic) bond motifs is 1. The lowest BCUT2D eigenvalue weighted by atomic mass is 9.46. The van der Waals surface area contributed by atoms with E-state index in [0.29, 0.717) is 53.6 Å². The number of rotatable bonds is 11. The van der Waals surface area contributed by atoms with E-state index in [-0.39, 0.29) is 69.8 Å². The van der Waals surface area contributed by atoms with Crippen LogP contribution in [0.4, 0.5) is 0 Å². The molecule has 6 unspecified atom stereocenters. The third-order valence-electron chi connectivity index (χ3n) is 20.9. The van der Waals surface area contributed by atoms with Gasteiger partial charge in [-0.25, -0.2) is 28.8 Å². The summed E-state index contributed by atoms with van der Waals surface area (Å²) in [5.74, 6) is 5.69. The molecule has 0 aromatic heterocycles. The second-order valence-corrected chi connectivity index (χ2v) is 28.0. The summed E-state index contributed by atoms with van der Waals surface area (Å²) in [6.07, 6.45) is 21.0. The van der Waals surface area contributed by atoms with Gasteiger partial charge >= 0.3 is 41.8 Å². The molecule has 4 heterocycles. The van der Waals surface area contributed by atoms with E-state index in [4.69, 9.17) is 33.2 Å². The molecule has 16 fully saturated rings. The Bertz CT molecular complexity index is 2450. The Morgan fingerprint density at radius 3 is 1.38 bits per heavy atom. The number of carbonyl (C=O) groups excluding carboxylic acids is 7. The largest absolute Gasteiger partial charge is 0.463 e. The van der Waals surface area contributed by atoms with Crippen LogP contribution in [0.5, 0.6) is 0 Å². The summed E-state index contributed by atoms with van der Waals surface area (Å²) >= 11 is 0. The predicted molar refractivity (Wildman–Crippen MR) is 295 cm³/mol. The molecule has 80 heavy (non-hydrogen) atoms. The Labute approximate surface area is 474 Å². The highest BCUT2D eigenvalue weighted by atomic mass is 16.7. The van der Waals surface area contributed by atoms with Gasteiger partial charge in [0, 0.05) is 39.7 Å². The second kappa shape index (κ2) is 22.9. The first-order valence-electron chi connectivity index (χ1n) is 30.0. The Morgan fingerprint density at radius 2 is 0.938 bits per heavy atom. The molecule has 0 amide bonds. The number of hydrogen-bond donors (Lipinski definition) is 0. The summed E-state index contributed by atoms with van der Waals surface area (Å²) < 4.78 is 42.8. The van der Waals surface area contributed by atoms with E-state index in [1.54, 1.807) is 27.7 Å². The van der Waals surface area contributed by atoms with Crippen molar-refractivity contribution in [2.45, 2.75) is 225 Å². The zero-order valence-electron chi connectivity index (χ0n) is 49.0. The van der Waals surface area contributed by atoms with Crippen molar-refractivity contribution >= 4 is 41.8 Å². The van der Waals surface area contributed by atoms with E-state index >= 15 is 0 Å². The fourth-order valence-corrected chi connectivity index (χ4v) is 17.7. The van der Waals surface area contributed by atoms with Crippen molar-refractivity contribution in [3.05, 3.63) is 60.8 Å². The van der Waals surface area contributed by atoms with Gasteiger partial charge < -0.3 is 37.9 Å². The maximum absolute atomic E-state index is 11.9. The smallest absolute Gasteiger partial charge is 0.347 e. The molecule has 16 rings (SSSR count). The first-order chi connectivity index (χ1) is 37.5. The maximum Gasteiger partial charge on any atom is 0.347 e. The summed E-state index contributed by atoms with van der Waals surface area (Å²) in [5, 5.41) is 0. The monoisotopic (exact) mass is 1110 g/mol. The highest BCUT2D eigenvalue weighted by Gasteiger charge is 2.65. The molecule has 4 aliphatic heterocycles. The van der Waals surface area contributed by atoms with E-state index in [0.717, 1.165) is 66.6 Å². The summed E-state index contributed by atoms with van der Waals surface area (Å²) in [5.41, 5.74) is 1.77. The van der Waals surface area contributed by atoms with Gasteiger partial charge in [-0.05, 0) is 230 Å². The van der Waals surface area contributed by atoms with Crippen LogP contribution in [0.1, 0.15) is 177 Å². The number of carbonyl (C=O) groups is 7. The molecule has 0 radical (unpaired) electrons. The molecule has 14 bridgehead atoms. The lowest BCUT2D eigenvalue weighted by Crippen LogP contribution is -2.58. The van der Waals surface area contributed by atoms with Crippen molar-refractivity contribution in [2.24, 2.45) is 70.5 Å². The van der Waals surface area contributed by atoms with Crippen LogP contribution in [0.25, 0.3) is 0 Å². The molecule has 12 saturated carbocycles. The minimum Gasteiger partial charge on any atom is -0.463 e. The van der Waals surface area contributed by atoms with E-state index in [9.17, 15) is 33.6 Å². The molecule has 4 saturated heterocycles. The quantitative estimate of drug-likeness (QED) is 0.108. The molecule has 0 N–H and O–H groups in total. The lowest BCUT2D eigenvalue weighted by Gasteiger charge is -2.61. The molecule has 16 aliphatic rings. The van der Waals surface area contributed by atoms with Crippen LogP contribution in [0.15, 0.2) is 60.8 Å². The molecule has 440 valence electrons. The standard InChI is InChI=1S/C17H26O2.C15H22O2.C14H20O2.C11H12O5.C8H10O4/c1-11(2)15(18)19-16(3,4)17-8-12-5-13(9-17)7-14(6-12)10-17;1-9(2)14(16)17-15(3)12-5-10-4-11(7-12)8-13(15)6-10;1-9(2)13(15)16-14-6-10-3-11(7-14)5-12(4-10)8-14;1-4(2)10(12)15-8-6-3-5-7(14-6)9(8)16-11(5)13;1-5(2)7(9)12-6-3-4-11-8(6)10/h12-14H,1,5-10H2,2-4H3;10-13H,1,4-8H2,2-3H3;10-12H,1,3-8H2,2H3;5-9H,1,3H2,2H3;6H,1,3-4H2,2H3. The third-order valence-corrected chi connectivity index (χ3v) is 20.9. The van der Waals surface area contributed by atoms with Gasteiger partial charge in [-0.3, -0.25) is 4.79 Å². The highest BCUT2D eigenvalue weighted by Crippen LogP contribution is 2.65. The van der Waals surface area contributed by atoms with Gasteiger partial charge in [-0.2, -0.15) is 0 Å². The van der Waals surface area contributed by atoms with Crippen LogP contribution in [0, 0.1) is 70.5 Å². The van der Waals surface area contributed by atoms with E-state index in [1.165, 1.54) is 96.8 Å². The van der Waals surface area contributed by atoms with E-state index in [1.807, 2.05) is 0 Å². The van der Waals surface area contributed by atoms with Crippen molar-refractivity contribution in [1.29, 1.82) is 0 Å². The Balaban J connectivity index is 0.000000122. The topological polar surface area (TPSA) is 193 Å². The molecule has 0 spiro atoms. The van der Waals surface area contributed by atoms with Gasteiger partial charge in [-0.15, -0.1) is 0 Å². The van der Waals surface area contributed by atoms with Crippen molar-refractivity contribution in [2.75, 3.05) is 6.61 Å². The van der Waals surface area contributed by atoms with Gasteiger partial charge in [0.05, 0.1) is 18.6 Å². The summed E-state index contributed by atoms with van der Waals surface area (Å²) in [4.78, 5) is 80.0. The van der Waals surface area contributed by atoms with Crippen molar-refractivity contribution in [3.8, 4) is 0 Å². The SMILES string of the molecule is C=C(C)C(=O)OC(C)(C)C12CC3CC(CC(C3)C1)C2.C=C(C)C(=O)OC1(C)C2CC3CC(C2)CC1C3.C=C(C)C(=O)OC12CC3CC(CC(C3)C1)C2.C=C(C)C(=O)OC1C2CC3C(=O)OC1C3O2.C=C(C)C(=O)OC1CCOC1=O. The molecule has 6 atom stereocenters. The van der Waals surface area contributed by atoms with Gasteiger partial charge in [0.2, 0.25) is 6.10 Å². The van der Waals surface area contributed by atoms with E-state index < -0.39 is 36.2 Å². The van der Waals surface area contributed by atoms with E-state index in [2.05, 4.69) is 58.4 Å². The van der Waals surface area contributed by atoms with Crippen molar-refractivity contribution in [1.82, 2.24) is 0 Å². The molecule has 0 aromatic carbocycles. The van der Waals surface area contributed by atoms with Crippen molar-refractivity contribution < 1.29 is 71.5 Å². The molecule has 15 heteroatoms. The van der Waals surface area contributed by atoms with Crippen molar-refractivity contribution in [3.63, 3.8) is 0 Å². The second-order valence-electron chi connectivity index (χ2n) is 28.0. The van der Waals surface area contributed by atoms with Crippen LogP contribution in [-0.4, -0.2) is 95.7 Å². The summed E-state index contributed by atoms with van der Waals surface area (Å²) in [6.45, 7) is 33.1. The number of cyclic esters (lactones) is 1. The summed E-state index contributed by atoms with van der Waals surface area (Å²) in [6, 6.07) is 0. The van der Waals surface area contributed by atoms with Crippen LogP contribution >= 0.6 is 0 Å². The average molecular weight is 1110 g/mol. The maximum atomic E-state index is 11.9. The lowest BCUT2D eigenvalue weighted by molar-refractivity contribution is -0.199.